The molecule has 1 saturated carbocycles. The van der Waals surface area contributed by atoms with Crippen LogP contribution in [0.3, 0.4) is 0 Å². The molecule has 124 valence electrons. The van der Waals surface area contributed by atoms with Gasteiger partial charge in [0.25, 0.3) is 0 Å². The van der Waals surface area contributed by atoms with Crippen LogP contribution in [0.4, 0.5) is 18.9 Å². The summed E-state index contributed by atoms with van der Waals surface area (Å²) in [4.78, 5) is 0. The first kappa shape index (κ1) is 14.8. The van der Waals surface area contributed by atoms with Crippen molar-refractivity contribution in [1.82, 2.24) is 9.78 Å². The second kappa shape index (κ2) is 5.12. The van der Waals surface area contributed by atoms with Gasteiger partial charge in [0.05, 0.1) is 17.1 Å². The van der Waals surface area contributed by atoms with E-state index in [1.807, 2.05) is 6.07 Å². The molecule has 2 aromatic rings. The van der Waals surface area contributed by atoms with Crippen molar-refractivity contribution in [2.75, 3.05) is 12.3 Å². The topological polar surface area (TPSA) is 53.1 Å². The molecule has 4 nitrogen and oxygen atoms in total. The molecule has 7 heteroatoms. The molecule has 3 atom stereocenters. The lowest BCUT2D eigenvalue weighted by Gasteiger charge is -2.23. The van der Waals surface area contributed by atoms with Gasteiger partial charge in [0.1, 0.15) is 0 Å². The predicted molar refractivity (Wildman–Crippen MR) is 79.9 cm³/mol. The highest BCUT2D eigenvalue weighted by Crippen LogP contribution is 2.57. The second-order valence-electron chi connectivity index (χ2n) is 6.42. The Morgan fingerprint density at radius 2 is 2.09 bits per heavy atom. The second-order valence-corrected chi connectivity index (χ2v) is 6.42. The summed E-state index contributed by atoms with van der Waals surface area (Å²) in [5, 5.41) is 5.23. The van der Waals surface area contributed by atoms with Gasteiger partial charge in [-0.1, -0.05) is 0 Å². The van der Waals surface area contributed by atoms with Crippen LogP contribution in [0.2, 0.25) is 0 Å². The first-order valence-corrected chi connectivity index (χ1v) is 7.91. The van der Waals surface area contributed by atoms with Crippen molar-refractivity contribution < 1.29 is 17.9 Å². The molecule has 3 unspecified atom stereocenters. The quantitative estimate of drug-likeness (QED) is 0.850. The SMILES string of the molecule is Nc1ccc2c(c1)c(C1CC1C(F)(F)F)nn2C1CCCCO1. The van der Waals surface area contributed by atoms with Crippen LogP contribution in [0.1, 0.15) is 43.5 Å². The highest BCUT2D eigenvalue weighted by molar-refractivity contribution is 5.86. The Bertz CT molecular complexity index is 734. The van der Waals surface area contributed by atoms with E-state index in [0.29, 0.717) is 18.0 Å². The van der Waals surface area contributed by atoms with Gasteiger partial charge in [-0.3, -0.25) is 0 Å². The lowest BCUT2D eigenvalue weighted by molar-refractivity contribution is -0.148. The maximum atomic E-state index is 12.9. The molecule has 0 bridgehead atoms. The van der Waals surface area contributed by atoms with Crippen molar-refractivity contribution in [1.29, 1.82) is 0 Å². The number of hydrogen-bond acceptors (Lipinski definition) is 3. The zero-order valence-electron chi connectivity index (χ0n) is 12.5. The number of ether oxygens (including phenoxy) is 1. The molecule has 1 saturated heterocycles. The summed E-state index contributed by atoms with van der Waals surface area (Å²) >= 11 is 0. The third-order valence-electron chi connectivity index (χ3n) is 4.75. The Morgan fingerprint density at radius 3 is 2.74 bits per heavy atom. The monoisotopic (exact) mass is 325 g/mol. The molecule has 2 heterocycles. The zero-order valence-corrected chi connectivity index (χ0v) is 12.5. The highest BCUT2D eigenvalue weighted by Gasteiger charge is 2.57. The van der Waals surface area contributed by atoms with Crippen molar-refractivity contribution in [2.24, 2.45) is 5.92 Å². The smallest absolute Gasteiger partial charge is 0.392 e. The average Bonchev–Trinajstić information content (AvgIpc) is 3.24. The Kier molecular flexibility index (Phi) is 3.30. The molecule has 0 radical (unpaired) electrons. The Morgan fingerprint density at radius 1 is 1.26 bits per heavy atom. The van der Waals surface area contributed by atoms with E-state index >= 15 is 0 Å². The van der Waals surface area contributed by atoms with Gasteiger partial charge in [0.15, 0.2) is 6.23 Å². The minimum atomic E-state index is -4.16. The van der Waals surface area contributed by atoms with Gasteiger partial charge >= 0.3 is 6.18 Å². The fourth-order valence-electron chi connectivity index (χ4n) is 3.45. The van der Waals surface area contributed by atoms with Crippen molar-refractivity contribution in [3.63, 3.8) is 0 Å². The first-order valence-electron chi connectivity index (χ1n) is 7.91. The van der Waals surface area contributed by atoms with E-state index in [4.69, 9.17) is 10.5 Å². The van der Waals surface area contributed by atoms with Crippen LogP contribution in [0.25, 0.3) is 10.9 Å². The molecule has 1 aliphatic heterocycles. The maximum absolute atomic E-state index is 12.9. The largest absolute Gasteiger partial charge is 0.399 e. The number of nitrogens with two attached hydrogens (primary N) is 1. The van der Waals surface area contributed by atoms with Gasteiger partial charge in [-0.15, -0.1) is 0 Å². The van der Waals surface area contributed by atoms with E-state index in [2.05, 4.69) is 5.10 Å². The minimum absolute atomic E-state index is 0.107. The standard InChI is InChI=1S/C16H18F3N3O/c17-16(18,19)12-8-10(12)15-11-7-9(20)4-5-13(11)22(21-15)14-3-1-2-6-23-14/h4-5,7,10,12,14H,1-3,6,8,20H2. The third kappa shape index (κ3) is 2.56. The van der Waals surface area contributed by atoms with Gasteiger partial charge < -0.3 is 10.5 Å². The molecule has 4 rings (SSSR count). The lowest BCUT2D eigenvalue weighted by atomic mass is 10.1. The van der Waals surface area contributed by atoms with Crippen molar-refractivity contribution in [3.8, 4) is 0 Å². The predicted octanol–water partition coefficient (Wildman–Crippen LogP) is 3.98. The van der Waals surface area contributed by atoms with E-state index < -0.39 is 18.0 Å². The van der Waals surface area contributed by atoms with Crippen LogP contribution in [0.5, 0.6) is 0 Å². The van der Waals surface area contributed by atoms with Crippen LogP contribution in [0.15, 0.2) is 18.2 Å². The van der Waals surface area contributed by atoms with Crippen LogP contribution in [-0.4, -0.2) is 22.6 Å². The van der Waals surface area contributed by atoms with Gasteiger partial charge in [0, 0.05) is 23.6 Å². The van der Waals surface area contributed by atoms with Gasteiger partial charge in [-0.25, -0.2) is 4.68 Å². The fraction of sp³-hybridized carbons (Fsp3) is 0.562. The van der Waals surface area contributed by atoms with Crippen molar-refractivity contribution in [3.05, 3.63) is 23.9 Å². The average molecular weight is 325 g/mol. The molecule has 2 N–H and O–H groups in total. The molecule has 2 fully saturated rings. The van der Waals surface area contributed by atoms with Crippen LogP contribution in [-0.2, 0) is 4.74 Å². The summed E-state index contributed by atoms with van der Waals surface area (Å²) in [6.07, 6.45) is -1.39. The Hall–Kier alpha value is -1.76. The number of fused-ring (bicyclic) bond motifs is 1. The number of halogens is 3. The summed E-state index contributed by atoms with van der Waals surface area (Å²) in [7, 11) is 0. The Balaban J connectivity index is 1.77. The molecule has 1 aromatic carbocycles. The van der Waals surface area contributed by atoms with E-state index in [1.54, 1.807) is 16.8 Å². The fourth-order valence-corrected chi connectivity index (χ4v) is 3.45. The minimum Gasteiger partial charge on any atom is -0.399 e. The number of nitrogen functional groups attached to an aromatic ring is 1. The maximum Gasteiger partial charge on any atom is 0.392 e. The number of hydrogen-bond donors (Lipinski definition) is 1. The van der Waals surface area contributed by atoms with E-state index in [0.717, 1.165) is 30.2 Å². The number of aromatic nitrogens is 2. The van der Waals surface area contributed by atoms with Gasteiger partial charge in [0.2, 0.25) is 0 Å². The number of nitrogens with zero attached hydrogens (tertiary/aromatic N) is 2. The first-order chi connectivity index (χ1) is 10.9. The summed E-state index contributed by atoms with van der Waals surface area (Å²) in [5.41, 5.74) is 7.67. The zero-order chi connectivity index (χ0) is 16.2. The Labute approximate surface area is 131 Å². The molecule has 1 aliphatic carbocycles. The number of alkyl halides is 3. The van der Waals surface area contributed by atoms with Gasteiger partial charge in [-0.05, 0) is 43.9 Å². The highest BCUT2D eigenvalue weighted by atomic mass is 19.4. The number of anilines is 1. The summed E-state index contributed by atoms with van der Waals surface area (Å²) in [6, 6.07) is 5.30. The molecule has 23 heavy (non-hydrogen) atoms. The van der Waals surface area contributed by atoms with Crippen LogP contribution < -0.4 is 5.73 Å². The van der Waals surface area contributed by atoms with Gasteiger partial charge in [-0.2, -0.15) is 18.3 Å². The van der Waals surface area contributed by atoms with Crippen molar-refractivity contribution >= 4 is 16.6 Å². The van der Waals surface area contributed by atoms with Crippen LogP contribution >= 0.6 is 0 Å². The molecular weight excluding hydrogens is 307 g/mol. The number of benzene rings is 1. The molecular formula is C16H18F3N3O. The molecule has 2 aliphatic rings. The van der Waals surface area contributed by atoms with E-state index in [1.165, 1.54) is 0 Å². The van der Waals surface area contributed by atoms with E-state index in [9.17, 15) is 13.2 Å². The normalized spacial score (nSPS) is 28.2. The summed E-state index contributed by atoms with van der Waals surface area (Å²) < 4.78 is 46.3. The van der Waals surface area contributed by atoms with Crippen LogP contribution in [0, 0.1) is 5.92 Å². The molecule has 0 amide bonds. The third-order valence-corrected chi connectivity index (χ3v) is 4.75. The van der Waals surface area contributed by atoms with Crippen molar-refractivity contribution in [2.45, 2.75) is 44.0 Å². The summed E-state index contributed by atoms with van der Waals surface area (Å²) in [6.45, 7) is 0.658. The molecule has 0 spiro atoms. The lowest BCUT2D eigenvalue weighted by Crippen LogP contribution is -2.19. The summed E-state index contributed by atoms with van der Waals surface area (Å²) in [5.74, 6) is -1.85. The number of rotatable bonds is 2. The van der Waals surface area contributed by atoms with E-state index in [-0.39, 0.29) is 12.6 Å². The molecule has 1 aromatic heterocycles.